The fraction of sp³-hybridized carbons (Fsp3) is 0.167. The van der Waals surface area contributed by atoms with E-state index in [1.165, 1.54) is 15.9 Å². The minimum absolute atomic E-state index is 0.106. The zero-order valence-electron chi connectivity index (χ0n) is 12.9. The zero-order valence-corrected chi connectivity index (χ0v) is 13.8. The number of amides is 2. The minimum atomic E-state index is -0.387. The molecule has 0 spiro atoms. The van der Waals surface area contributed by atoms with E-state index in [9.17, 15) is 9.59 Å². The van der Waals surface area contributed by atoms with Crippen molar-refractivity contribution in [3.05, 3.63) is 66.3 Å². The summed E-state index contributed by atoms with van der Waals surface area (Å²) in [5.41, 5.74) is 1.10. The fourth-order valence-corrected chi connectivity index (χ4v) is 2.60. The Morgan fingerprint density at radius 3 is 2.39 bits per heavy atom. The van der Waals surface area contributed by atoms with E-state index in [4.69, 9.17) is 12.2 Å². The summed E-state index contributed by atoms with van der Waals surface area (Å²) in [6.45, 7) is 6.15. The highest BCUT2D eigenvalue weighted by atomic mass is 32.1. The lowest BCUT2D eigenvalue weighted by molar-refractivity contribution is -0.133. The molecule has 2 rings (SSSR count). The zero-order chi connectivity index (χ0) is 16.8. The molecule has 0 saturated carbocycles. The van der Waals surface area contributed by atoms with Crippen molar-refractivity contribution < 1.29 is 9.59 Å². The number of carbonyl (C=O) groups is 2. The number of carbonyl (C=O) groups excluding carboxylic acids is 2. The van der Waals surface area contributed by atoms with Crippen molar-refractivity contribution in [2.24, 2.45) is 0 Å². The van der Waals surface area contributed by atoms with Gasteiger partial charge < -0.3 is 0 Å². The smallest absolute Gasteiger partial charge is 0.265 e. The van der Waals surface area contributed by atoms with Crippen LogP contribution < -0.4 is 0 Å². The van der Waals surface area contributed by atoms with Crippen LogP contribution in [0.1, 0.15) is 12.5 Å². The van der Waals surface area contributed by atoms with Gasteiger partial charge in [0.05, 0.1) is 0 Å². The third-order valence-corrected chi connectivity index (χ3v) is 3.83. The molecule has 23 heavy (non-hydrogen) atoms. The summed E-state index contributed by atoms with van der Waals surface area (Å²) in [6.07, 6.45) is 6.67. The molecule has 0 N–H and O–H groups in total. The van der Waals surface area contributed by atoms with Crippen LogP contribution >= 0.6 is 12.2 Å². The van der Waals surface area contributed by atoms with Gasteiger partial charge in [-0.05, 0) is 30.8 Å². The normalized spacial score (nSPS) is 17.4. The van der Waals surface area contributed by atoms with Crippen LogP contribution in [-0.2, 0) is 9.59 Å². The first-order valence-corrected chi connectivity index (χ1v) is 7.73. The number of hydrogen-bond donors (Lipinski definition) is 0. The molecule has 1 saturated heterocycles. The Morgan fingerprint density at radius 2 is 1.78 bits per heavy atom. The summed E-state index contributed by atoms with van der Waals surface area (Å²) in [5.74, 6) is -0.747. The van der Waals surface area contributed by atoms with E-state index in [0.29, 0.717) is 6.54 Å². The largest absolute Gasteiger partial charge is 0.285 e. The molecule has 0 bridgehead atoms. The van der Waals surface area contributed by atoms with Gasteiger partial charge in [0.2, 0.25) is 0 Å². The Morgan fingerprint density at radius 1 is 1.13 bits per heavy atom. The third kappa shape index (κ3) is 3.63. The van der Waals surface area contributed by atoms with Crippen molar-refractivity contribution in [2.45, 2.75) is 6.92 Å². The average molecular weight is 326 g/mol. The highest BCUT2D eigenvalue weighted by Crippen LogP contribution is 2.18. The molecule has 0 aromatic heterocycles. The van der Waals surface area contributed by atoms with Gasteiger partial charge in [0, 0.05) is 13.1 Å². The number of thiocarbonyl (C=S) groups is 1. The highest BCUT2D eigenvalue weighted by Gasteiger charge is 2.37. The summed E-state index contributed by atoms with van der Waals surface area (Å²) in [7, 11) is 0. The fourth-order valence-electron chi connectivity index (χ4n) is 2.23. The number of rotatable bonds is 5. The molecule has 1 aliphatic heterocycles. The minimum Gasteiger partial charge on any atom is -0.285 e. The van der Waals surface area contributed by atoms with Crippen molar-refractivity contribution in [1.29, 1.82) is 0 Å². The molecule has 0 aliphatic carbocycles. The molecule has 5 heteroatoms. The Hall–Kier alpha value is -2.53. The Kier molecular flexibility index (Phi) is 5.60. The molecule has 0 atom stereocenters. The number of allylic oxidation sites excluding steroid dienone is 2. The third-order valence-electron chi connectivity index (χ3n) is 3.39. The summed E-state index contributed by atoms with van der Waals surface area (Å²) in [6, 6.07) is 9.66. The van der Waals surface area contributed by atoms with Gasteiger partial charge in [0.25, 0.3) is 11.8 Å². The average Bonchev–Trinajstić information content (AvgIpc) is 2.56. The van der Waals surface area contributed by atoms with E-state index < -0.39 is 0 Å². The van der Waals surface area contributed by atoms with Crippen LogP contribution in [0.2, 0.25) is 0 Å². The van der Waals surface area contributed by atoms with Gasteiger partial charge >= 0.3 is 0 Å². The lowest BCUT2D eigenvalue weighted by atomic mass is 10.1. The summed E-state index contributed by atoms with van der Waals surface area (Å²) < 4.78 is 0. The molecular formula is C18H18N2O2S. The predicted octanol–water partition coefficient (Wildman–Crippen LogP) is 2.79. The van der Waals surface area contributed by atoms with Gasteiger partial charge in [-0.25, -0.2) is 0 Å². The lowest BCUT2D eigenvalue weighted by Crippen LogP contribution is -2.56. The van der Waals surface area contributed by atoms with Crippen molar-refractivity contribution >= 4 is 35.2 Å². The van der Waals surface area contributed by atoms with Gasteiger partial charge in [0.15, 0.2) is 5.11 Å². The maximum Gasteiger partial charge on any atom is 0.265 e. The molecule has 1 aromatic carbocycles. The molecule has 0 radical (unpaired) electrons. The maximum atomic E-state index is 12.5. The first-order valence-electron chi connectivity index (χ1n) is 7.32. The van der Waals surface area contributed by atoms with Gasteiger partial charge in [-0.15, -0.1) is 6.58 Å². The predicted molar refractivity (Wildman–Crippen MR) is 95.5 cm³/mol. The number of nitrogens with zero attached hydrogens (tertiary/aromatic N) is 2. The van der Waals surface area contributed by atoms with Crippen LogP contribution in [-0.4, -0.2) is 39.8 Å². The quantitative estimate of drug-likeness (QED) is 0.362. The molecule has 4 nitrogen and oxygen atoms in total. The van der Waals surface area contributed by atoms with Crippen molar-refractivity contribution in [2.75, 3.05) is 13.1 Å². The first kappa shape index (κ1) is 16.8. The number of likely N-dealkylation sites (N-methyl/N-ethyl adjacent to an activating group) is 1. The summed E-state index contributed by atoms with van der Waals surface area (Å²) in [4.78, 5) is 27.7. The van der Waals surface area contributed by atoms with Gasteiger partial charge in [-0.1, -0.05) is 48.6 Å². The van der Waals surface area contributed by atoms with Crippen LogP contribution in [0.15, 0.2) is 60.7 Å². The SMILES string of the molecule is C=CCN1C(=O)C(=CC=Cc2ccccc2)C(=O)N(CC)C1=S. The highest BCUT2D eigenvalue weighted by molar-refractivity contribution is 7.80. The topological polar surface area (TPSA) is 40.6 Å². The van der Waals surface area contributed by atoms with Gasteiger partial charge in [-0.3, -0.25) is 19.4 Å². The van der Waals surface area contributed by atoms with E-state index in [1.807, 2.05) is 43.3 Å². The van der Waals surface area contributed by atoms with E-state index in [2.05, 4.69) is 6.58 Å². The first-order chi connectivity index (χ1) is 11.1. The van der Waals surface area contributed by atoms with Crippen molar-refractivity contribution in [1.82, 2.24) is 9.80 Å². The molecular weight excluding hydrogens is 308 g/mol. The monoisotopic (exact) mass is 326 g/mol. The summed E-state index contributed by atoms with van der Waals surface area (Å²) >= 11 is 5.23. The second kappa shape index (κ2) is 7.65. The van der Waals surface area contributed by atoms with Crippen molar-refractivity contribution in [3.63, 3.8) is 0 Å². The van der Waals surface area contributed by atoms with Gasteiger partial charge in [-0.2, -0.15) is 0 Å². The van der Waals surface area contributed by atoms with E-state index in [1.54, 1.807) is 12.2 Å². The molecule has 118 valence electrons. The van der Waals surface area contributed by atoms with Crippen LogP contribution in [0.5, 0.6) is 0 Å². The van der Waals surface area contributed by atoms with Gasteiger partial charge in [0.1, 0.15) is 5.57 Å². The lowest BCUT2D eigenvalue weighted by Gasteiger charge is -2.35. The summed E-state index contributed by atoms with van der Waals surface area (Å²) in [5, 5.41) is 0.228. The van der Waals surface area contributed by atoms with Crippen LogP contribution in [0, 0.1) is 0 Å². The molecule has 1 heterocycles. The standard InChI is InChI=1S/C18H18N2O2S/c1-3-13-20-17(22)15(16(21)19(4-2)18(20)23)12-8-11-14-9-6-5-7-10-14/h3,5-12H,1,4,13H2,2H3. The second-order valence-electron chi connectivity index (χ2n) is 4.89. The van der Waals surface area contributed by atoms with E-state index in [0.717, 1.165) is 5.56 Å². The Bertz CT molecular complexity index is 692. The Balaban J connectivity index is 2.31. The van der Waals surface area contributed by atoms with E-state index in [-0.39, 0.29) is 29.0 Å². The maximum absolute atomic E-state index is 12.5. The Labute approximate surface area is 141 Å². The van der Waals surface area contributed by atoms with Crippen LogP contribution in [0.25, 0.3) is 6.08 Å². The molecule has 1 aliphatic rings. The molecule has 0 unspecified atom stereocenters. The number of hydrogen-bond acceptors (Lipinski definition) is 3. The van der Waals surface area contributed by atoms with Crippen LogP contribution in [0.3, 0.4) is 0 Å². The van der Waals surface area contributed by atoms with E-state index >= 15 is 0 Å². The number of benzene rings is 1. The molecule has 1 fully saturated rings. The molecule has 2 amide bonds. The molecule has 1 aromatic rings. The van der Waals surface area contributed by atoms with Crippen molar-refractivity contribution in [3.8, 4) is 0 Å². The van der Waals surface area contributed by atoms with Crippen LogP contribution in [0.4, 0.5) is 0 Å². The second-order valence-corrected chi connectivity index (χ2v) is 5.25.